The van der Waals surface area contributed by atoms with E-state index in [4.69, 9.17) is 0 Å². The first-order chi connectivity index (χ1) is 13.8. The Kier molecular flexibility index (Phi) is 4.54. The van der Waals surface area contributed by atoms with Gasteiger partial charge in [-0.25, -0.2) is 4.79 Å². The van der Waals surface area contributed by atoms with Gasteiger partial charge in [-0.3, -0.25) is 4.79 Å². The van der Waals surface area contributed by atoms with Gasteiger partial charge >= 0.3 is 5.69 Å². The molecule has 0 aliphatic carbocycles. The van der Waals surface area contributed by atoms with Gasteiger partial charge in [-0.1, -0.05) is 23.8 Å². The van der Waals surface area contributed by atoms with Crippen LogP contribution in [-0.2, 0) is 0 Å². The van der Waals surface area contributed by atoms with E-state index >= 15 is 0 Å². The number of fused-ring (bicyclic) bond motifs is 1. The van der Waals surface area contributed by atoms with Crippen LogP contribution in [0.25, 0.3) is 16.7 Å². The van der Waals surface area contributed by atoms with Crippen LogP contribution in [-0.4, -0.2) is 30.9 Å². The molecule has 1 unspecified atom stereocenters. The SMILES string of the molecule is Cc1ccc(-n2nc(C)c(C(=O)NC(C)c3ccc4[nH]c(=O)[nH]c4c3)n2)c(C)c1. The summed E-state index contributed by atoms with van der Waals surface area (Å²) in [5.41, 5.74) is 5.92. The van der Waals surface area contributed by atoms with E-state index in [2.05, 4.69) is 31.5 Å². The number of benzene rings is 2. The number of imidazole rings is 1. The van der Waals surface area contributed by atoms with Crippen molar-refractivity contribution in [3.63, 3.8) is 0 Å². The highest BCUT2D eigenvalue weighted by molar-refractivity contribution is 5.93. The minimum absolute atomic E-state index is 0.257. The summed E-state index contributed by atoms with van der Waals surface area (Å²) in [6.07, 6.45) is 0. The Morgan fingerprint density at radius 2 is 1.79 bits per heavy atom. The van der Waals surface area contributed by atoms with Crippen LogP contribution in [0.15, 0.2) is 41.2 Å². The minimum atomic E-state index is -0.298. The molecule has 1 atom stereocenters. The third kappa shape index (κ3) is 3.56. The van der Waals surface area contributed by atoms with Crippen molar-refractivity contribution in [1.82, 2.24) is 30.3 Å². The predicted octanol–water partition coefficient (Wildman–Crippen LogP) is 2.85. The normalized spacial score (nSPS) is 12.3. The fourth-order valence-electron chi connectivity index (χ4n) is 3.39. The number of H-pyrrole nitrogens is 2. The molecule has 0 radical (unpaired) electrons. The van der Waals surface area contributed by atoms with Gasteiger partial charge in [0.15, 0.2) is 5.69 Å². The summed E-state index contributed by atoms with van der Waals surface area (Å²) in [6, 6.07) is 11.3. The molecular weight excluding hydrogens is 368 g/mol. The van der Waals surface area contributed by atoms with Gasteiger partial charge in [0.1, 0.15) is 0 Å². The number of amides is 1. The maximum Gasteiger partial charge on any atom is 0.323 e. The highest BCUT2D eigenvalue weighted by Gasteiger charge is 2.19. The zero-order valence-electron chi connectivity index (χ0n) is 16.7. The Labute approximate surface area is 167 Å². The van der Waals surface area contributed by atoms with Crippen molar-refractivity contribution in [2.24, 2.45) is 0 Å². The molecule has 4 rings (SSSR count). The summed E-state index contributed by atoms with van der Waals surface area (Å²) in [4.78, 5) is 31.2. The Balaban J connectivity index is 1.57. The van der Waals surface area contributed by atoms with Crippen LogP contribution in [0.2, 0.25) is 0 Å². The number of aromatic nitrogens is 5. The molecule has 0 fully saturated rings. The number of hydrogen-bond donors (Lipinski definition) is 3. The molecule has 0 aliphatic rings. The molecule has 0 saturated carbocycles. The third-order valence-electron chi connectivity index (χ3n) is 4.95. The van der Waals surface area contributed by atoms with Crippen LogP contribution in [0.3, 0.4) is 0 Å². The van der Waals surface area contributed by atoms with Crippen LogP contribution in [0.1, 0.15) is 45.8 Å². The second-order valence-electron chi connectivity index (χ2n) is 7.29. The molecule has 2 aromatic heterocycles. The lowest BCUT2D eigenvalue weighted by atomic mass is 10.1. The second-order valence-corrected chi connectivity index (χ2v) is 7.29. The Hall–Kier alpha value is -3.68. The van der Waals surface area contributed by atoms with Gasteiger partial charge in [-0.05, 0) is 57.0 Å². The molecule has 2 aromatic carbocycles. The van der Waals surface area contributed by atoms with Crippen LogP contribution in [0.4, 0.5) is 0 Å². The number of carbonyl (C=O) groups excluding carboxylic acids is 1. The molecule has 148 valence electrons. The van der Waals surface area contributed by atoms with Gasteiger partial charge in [-0.2, -0.15) is 9.90 Å². The van der Waals surface area contributed by atoms with Crippen molar-refractivity contribution in [2.45, 2.75) is 33.7 Å². The van der Waals surface area contributed by atoms with Crippen molar-refractivity contribution in [1.29, 1.82) is 0 Å². The lowest BCUT2D eigenvalue weighted by Gasteiger charge is -2.13. The van der Waals surface area contributed by atoms with E-state index in [9.17, 15) is 9.59 Å². The lowest BCUT2D eigenvalue weighted by Crippen LogP contribution is -2.27. The maximum atomic E-state index is 12.8. The molecule has 0 bridgehead atoms. The number of carbonyl (C=O) groups is 1. The van der Waals surface area contributed by atoms with E-state index in [-0.39, 0.29) is 23.3 Å². The summed E-state index contributed by atoms with van der Waals surface area (Å²) >= 11 is 0. The van der Waals surface area contributed by atoms with E-state index in [1.165, 1.54) is 4.80 Å². The number of nitrogens with one attached hydrogen (secondary N) is 3. The average Bonchev–Trinajstić information content (AvgIpc) is 3.22. The van der Waals surface area contributed by atoms with Crippen LogP contribution in [0.5, 0.6) is 0 Å². The van der Waals surface area contributed by atoms with Gasteiger partial charge in [0.2, 0.25) is 0 Å². The first-order valence-corrected chi connectivity index (χ1v) is 9.36. The maximum absolute atomic E-state index is 12.8. The number of aryl methyl sites for hydroxylation is 3. The second kappa shape index (κ2) is 7.05. The molecule has 0 aliphatic heterocycles. The topological polar surface area (TPSA) is 108 Å². The fourth-order valence-corrected chi connectivity index (χ4v) is 3.39. The number of nitrogens with zero attached hydrogens (tertiary/aromatic N) is 3. The Morgan fingerprint density at radius 1 is 1.03 bits per heavy atom. The third-order valence-corrected chi connectivity index (χ3v) is 4.95. The molecule has 1 amide bonds. The van der Waals surface area contributed by atoms with Crippen LogP contribution >= 0.6 is 0 Å². The van der Waals surface area contributed by atoms with E-state index in [1.54, 1.807) is 6.92 Å². The smallest absolute Gasteiger partial charge is 0.323 e. The van der Waals surface area contributed by atoms with Gasteiger partial charge < -0.3 is 15.3 Å². The molecule has 8 nitrogen and oxygen atoms in total. The molecular formula is C21H22N6O2. The molecule has 2 heterocycles. The number of rotatable bonds is 4. The lowest BCUT2D eigenvalue weighted by molar-refractivity contribution is 0.0934. The van der Waals surface area contributed by atoms with E-state index in [0.717, 1.165) is 27.9 Å². The van der Waals surface area contributed by atoms with Gasteiger partial charge in [0.25, 0.3) is 5.91 Å². The van der Waals surface area contributed by atoms with Gasteiger partial charge in [0.05, 0.1) is 28.5 Å². The number of aromatic amines is 2. The summed E-state index contributed by atoms with van der Waals surface area (Å²) in [6.45, 7) is 7.67. The number of hydrogen-bond acceptors (Lipinski definition) is 4. The van der Waals surface area contributed by atoms with E-state index in [1.807, 2.05) is 51.1 Å². The minimum Gasteiger partial charge on any atom is -0.344 e. The zero-order valence-corrected chi connectivity index (χ0v) is 16.7. The van der Waals surface area contributed by atoms with Gasteiger partial charge in [-0.15, -0.1) is 5.10 Å². The molecule has 3 N–H and O–H groups in total. The first kappa shape index (κ1) is 18.7. The largest absolute Gasteiger partial charge is 0.344 e. The van der Waals surface area contributed by atoms with Crippen molar-refractivity contribution in [3.8, 4) is 5.69 Å². The Bertz CT molecular complexity index is 1280. The first-order valence-electron chi connectivity index (χ1n) is 9.36. The van der Waals surface area contributed by atoms with Crippen molar-refractivity contribution in [3.05, 3.63) is 75.0 Å². The van der Waals surface area contributed by atoms with E-state index in [0.29, 0.717) is 11.2 Å². The molecule has 0 spiro atoms. The highest BCUT2D eigenvalue weighted by atomic mass is 16.2. The van der Waals surface area contributed by atoms with Crippen molar-refractivity contribution in [2.75, 3.05) is 0 Å². The van der Waals surface area contributed by atoms with Crippen LogP contribution in [0, 0.1) is 20.8 Å². The molecule has 8 heteroatoms. The fraction of sp³-hybridized carbons (Fsp3) is 0.238. The summed E-state index contributed by atoms with van der Waals surface area (Å²) in [7, 11) is 0. The predicted molar refractivity (Wildman–Crippen MR) is 110 cm³/mol. The monoisotopic (exact) mass is 390 g/mol. The molecule has 4 aromatic rings. The Morgan fingerprint density at radius 3 is 2.55 bits per heavy atom. The zero-order chi connectivity index (χ0) is 20.7. The quantitative estimate of drug-likeness (QED) is 0.498. The summed E-state index contributed by atoms with van der Waals surface area (Å²) < 4.78 is 0. The molecule has 29 heavy (non-hydrogen) atoms. The van der Waals surface area contributed by atoms with Crippen LogP contribution < -0.4 is 11.0 Å². The highest BCUT2D eigenvalue weighted by Crippen LogP contribution is 2.19. The van der Waals surface area contributed by atoms with E-state index < -0.39 is 0 Å². The standard InChI is InChI=1S/C21H22N6O2/c1-11-5-8-18(12(2)9-11)27-25-14(4)19(26-27)20(28)22-13(3)15-6-7-16-17(10-15)24-21(29)23-16/h5-10,13H,1-4H3,(H,22,28)(H2,23,24,29). The van der Waals surface area contributed by atoms with Crippen molar-refractivity contribution >= 4 is 16.9 Å². The average molecular weight is 390 g/mol. The van der Waals surface area contributed by atoms with Gasteiger partial charge in [0, 0.05) is 0 Å². The summed E-state index contributed by atoms with van der Waals surface area (Å²) in [5.74, 6) is -0.298. The summed E-state index contributed by atoms with van der Waals surface area (Å²) in [5, 5.41) is 11.8. The van der Waals surface area contributed by atoms with Crippen molar-refractivity contribution < 1.29 is 4.79 Å². The molecule has 0 saturated heterocycles.